The molecular formula is C36H27N3O6. The summed E-state index contributed by atoms with van der Waals surface area (Å²) in [5.74, 6) is -1.95. The molecule has 0 saturated carbocycles. The molecule has 4 aromatic carbocycles. The number of fused-ring (bicyclic) bond motifs is 6. The number of carbonyl (C=O) groups is 3. The first-order valence-electron chi connectivity index (χ1n) is 14.5. The van der Waals surface area contributed by atoms with Crippen LogP contribution in [0.15, 0.2) is 116 Å². The van der Waals surface area contributed by atoms with Crippen LogP contribution in [0.1, 0.15) is 43.4 Å². The van der Waals surface area contributed by atoms with E-state index in [0.717, 1.165) is 11.1 Å². The van der Waals surface area contributed by atoms with Gasteiger partial charge in [-0.3, -0.25) is 24.5 Å². The molecule has 4 aromatic rings. The van der Waals surface area contributed by atoms with Crippen molar-refractivity contribution in [2.45, 2.75) is 17.5 Å². The highest BCUT2D eigenvalue weighted by Gasteiger charge is 2.70. The van der Waals surface area contributed by atoms with Gasteiger partial charge in [-0.05, 0) is 53.1 Å². The van der Waals surface area contributed by atoms with Crippen molar-refractivity contribution in [3.63, 3.8) is 0 Å². The number of para-hydroxylation sites is 1. The quantitative estimate of drug-likeness (QED) is 0.112. The molecule has 7 rings (SSSR count). The second-order valence-corrected chi connectivity index (χ2v) is 11.2. The van der Waals surface area contributed by atoms with E-state index in [0.29, 0.717) is 22.6 Å². The van der Waals surface area contributed by atoms with Crippen molar-refractivity contribution >= 4 is 34.9 Å². The molecule has 1 spiro atoms. The fraction of sp³-hybridized carbons (Fsp3) is 0.139. The largest absolute Gasteiger partial charge is 0.490 e. The maximum Gasteiger partial charge on any atom is 0.270 e. The van der Waals surface area contributed by atoms with Crippen LogP contribution >= 0.6 is 0 Å². The van der Waals surface area contributed by atoms with Crippen molar-refractivity contribution in [1.29, 1.82) is 0 Å². The van der Waals surface area contributed by atoms with Crippen molar-refractivity contribution in [2.24, 2.45) is 5.92 Å². The minimum atomic E-state index is -1.51. The van der Waals surface area contributed by atoms with Crippen molar-refractivity contribution < 1.29 is 24.0 Å². The minimum Gasteiger partial charge on any atom is -0.490 e. The Morgan fingerprint density at radius 3 is 2.49 bits per heavy atom. The Hall–Kier alpha value is -5.83. The standard InChI is InChI=1S/C36H27N3O6/c1-2-20-45-26-16-14-23(15-17-26)32(40)30-31(33(41)24-9-7-10-25(21-24)39(43)44)38-19-18-22-8-3-4-11-27(22)34(38)36(30)28-12-5-6-13-29(28)37-35(36)42/h2-19,21,30-31,34H,1,20H2,(H,37,42). The topological polar surface area (TPSA) is 119 Å². The number of nitro groups is 1. The van der Waals surface area contributed by atoms with E-state index in [1.165, 1.54) is 24.3 Å². The summed E-state index contributed by atoms with van der Waals surface area (Å²) in [5.41, 5.74) is 1.49. The third-order valence-electron chi connectivity index (χ3n) is 8.97. The van der Waals surface area contributed by atoms with Gasteiger partial charge in [0.25, 0.3) is 5.69 Å². The van der Waals surface area contributed by atoms with E-state index in [1.54, 1.807) is 47.5 Å². The van der Waals surface area contributed by atoms with Crippen LogP contribution in [0, 0.1) is 16.0 Å². The molecule has 1 amide bonds. The van der Waals surface area contributed by atoms with Crippen LogP contribution in [-0.2, 0) is 10.2 Å². The molecule has 3 heterocycles. The Bertz CT molecular complexity index is 1930. The molecule has 0 aliphatic carbocycles. The first-order valence-corrected chi connectivity index (χ1v) is 14.5. The Balaban J connectivity index is 1.48. The number of Topliss-reactive ketones (excluding diaryl/α,β-unsaturated/α-hetero) is 2. The van der Waals surface area contributed by atoms with Gasteiger partial charge in [0.2, 0.25) is 5.91 Å². The Kier molecular flexibility index (Phi) is 6.66. The maximum atomic E-state index is 14.9. The highest BCUT2D eigenvalue weighted by molar-refractivity contribution is 6.16. The fourth-order valence-corrected chi connectivity index (χ4v) is 7.16. The molecule has 4 unspecified atom stereocenters. The van der Waals surface area contributed by atoms with Crippen LogP contribution in [0.3, 0.4) is 0 Å². The highest BCUT2D eigenvalue weighted by atomic mass is 16.6. The zero-order valence-corrected chi connectivity index (χ0v) is 24.0. The SMILES string of the molecule is C=CCOc1ccc(C(=O)C2C(C(=O)c3cccc([N+](=O)[O-])c3)N3C=Cc4ccccc4C3C23C(=O)Nc2ccccc23)cc1. The molecule has 0 bridgehead atoms. The molecule has 0 radical (unpaired) electrons. The van der Waals surface area contributed by atoms with E-state index in [4.69, 9.17) is 4.74 Å². The number of non-ortho nitro benzene ring substituents is 1. The summed E-state index contributed by atoms with van der Waals surface area (Å²) in [6, 6.07) is 25.1. The molecule has 1 N–H and O–H groups in total. The number of nitrogens with zero attached hydrogens (tertiary/aromatic N) is 2. The summed E-state index contributed by atoms with van der Waals surface area (Å²) in [5, 5.41) is 14.7. The van der Waals surface area contributed by atoms with Gasteiger partial charge in [0.1, 0.15) is 23.8 Å². The molecule has 0 aromatic heterocycles. The van der Waals surface area contributed by atoms with Crippen LogP contribution < -0.4 is 10.1 Å². The Labute approximate surface area is 258 Å². The normalized spacial score (nSPS) is 22.3. The number of ether oxygens (including phenoxy) is 1. The summed E-state index contributed by atoms with van der Waals surface area (Å²) in [6.45, 7) is 3.95. The molecular weight excluding hydrogens is 570 g/mol. The lowest BCUT2D eigenvalue weighted by molar-refractivity contribution is -0.384. The lowest BCUT2D eigenvalue weighted by Crippen LogP contribution is -2.49. The lowest BCUT2D eigenvalue weighted by atomic mass is 9.62. The highest BCUT2D eigenvalue weighted by Crippen LogP contribution is 2.62. The molecule has 1 saturated heterocycles. The second-order valence-electron chi connectivity index (χ2n) is 11.2. The fourth-order valence-electron chi connectivity index (χ4n) is 7.16. The van der Waals surface area contributed by atoms with E-state index in [-0.39, 0.29) is 23.8 Å². The first kappa shape index (κ1) is 28.0. The first-order chi connectivity index (χ1) is 21.9. The molecule has 9 nitrogen and oxygen atoms in total. The van der Waals surface area contributed by atoms with Gasteiger partial charge in [-0.2, -0.15) is 0 Å². The van der Waals surface area contributed by atoms with E-state index in [1.807, 2.05) is 48.5 Å². The number of nitro benzene ring substituents is 1. The number of hydrogen-bond donors (Lipinski definition) is 1. The number of amides is 1. The van der Waals surface area contributed by atoms with Crippen molar-refractivity contribution in [3.8, 4) is 5.75 Å². The van der Waals surface area contributed by atoms with E-state index < -0.39 is 39.9 Å². The predicted molar refractivity (Wildman–Crippen MR) is 168 cm³/mol. The average Bonchev–Trinajstić information content (AvgIpc) is 3.55. The van der Waals surface area contributed by atoms with E-state index in [2.05, 4.69) is 11.9 Å². The number of hydrogen-bond acceptors (Lipinski definition) is 7. The van der Waals surface area contributed by atoms with Gasteiger partial charge >= 0.3 is 0 Å². The molecule has 1 fully saturated rings. The van der Waals surface area contributed by atoms with Gasteiger partial charge in [0.15, 0.2) is 11.6 Å². The van der Waals surface area contributed by atoms with Gasteiger partial charge < -0.3 is 15.0 Å². The molecule has 222 valence electrons. The minimum absolute atomic E-state index is 0.0786. The molecule has 45 heavy (non-hydrogen) atoms. The Morgan fingerprint density at radius 1 is 0.956 bits per heavy atom. The molecule has 3 aliphatic rings. The van der Waals surface area contributed by atoms with Crippen LogP contribution in [-0.4, -0.2) is 39.9 Å². The lowest BCUT2D eigenvalue weighted by Gasteiger charge is -2.38. The number of anilines is 1. The average molecular weight is 598 g/mol. The van der Waals surface area contributed by atoms with Crippen LogP contribution in [0.25, 0.3) is 6.08 Å². The number of carbonyl (C=O) groups excluding carboxylic acids is 3. The number of rotatable bonds is 8. The molecule has 9 heteroatoms. The van der Waals surface area contributed by atoms with Gasteiger partial charge in [0, 0.05) is 35.1 Å². The monoisotopic (exact) mass is 597 g/mol. The van der Waals surface area contributed by atoms with Crippen molar-refractivity contribution in [3.05, 3.63) is 154 Å². The smallest absolute Gasteiger partial charge is 0.270 e. The van der Waals surface area contributed by atoms with Crippen LogP contribution in [0.5, 0.6) is 5.75 Å². The summed E-state index contributed by atoms with van der Waals surface area (Å²) >= 11 is 0. The van der Waals surface area contributed by atoms with Gasteiger partial charge in [-0.15, -0.1) is 0 Å². The summed E-state index contributed by atoms with van der Waals surface area (Å²) in [7, 11) is 0. The van der Waals surface area contributed by atoms with Gasteiger partial charge in [0.05, 0.1) is 16.9 Å². The molecule has 3 aliphatic heterocycles. The number of benzene rings is 4. The summed E-state index contributed by atoms with van der Waals surface area (Å²) < 4.78 is 5.62. The van der Waals surface area contributed by atoms with E-state index in [9.17, 15) is 24.5 Å². The van der Waals surface area contributed by atoms with Crippen molar-refractivity contribution in [2.75, 3.05) is 11.9 Å². The third kappa shape index (κ3) is 4.19. The zero-order valence-electron chi connectivity index (χ0n) is 24.0. The maximum absolute atomic E-state index is 14.9. The Morgan fingerprint density at radius 2 is 1.71 bits per heavy atom. The van der Waals surface area contributed by atoms with Crippen molar-refractivity contribution in [1.82, 2.24) is 4.90 Å². The second kappa shape index (κ2) is 10.7. The van der Waals surface area contributed by atoms with Crippen LogP contribution in [0.4, 0.5) is 11.4 Å². The van der Waals surface area contributed by atoms with Gasteiger partial charge in [-0.25, -0.2) is 0 Å². The van der Waals surface area contributed by atoms with Crippen LogP contribution in [0.2, 0.25) is 0 Å². The number of nitrogens with one attached hydrogen (secondary N) is 1. The summed E-state index contributed by atoms with van der Waals surface area (Å²) in [6.07, 6.45) is 5.25. The zero-order chi connectivity index (χ0) is 31.3. The molecule has 4 atom stereocenters. The van der Waals surface area contributed by atoms with E-state index >= 15 is 0 Å². The predicted octanol–water partition coefficient (Wildman–Crippen LogP) is 6.14. The third-order valence-corrected chi connectivity index (χ3v) is 8.97. The van der Waals surface area contributed by atoms with Gasteiger partial charge in [-0.1, -0.05) is 67.3 Å². The number of ketones is 2. The summed E-state index contributed by atoms with van der Waals surface area (Å²) in [4.78, 5) is 57.0.